The number of pyridine rings is 1. The van der Waals surface area contributed by atoms with Crippen LogP contribution in [0.1, 0.15) is 10.4 Å². The van der Waals surface area contributed by atoms with Gasteiger partial charge in [0.1, 0.15) is 15.9 Å². The molecule has 0 radical (unpaired) electrons. The molecule has 0 saturated heterocycles. The quantitative estimate of drug-likeness (QED) is 0.678. The van der Waals surface area contributed by atoms with Crippen LogP contribution in [0.2, 0.25) is 10.2 Å². The zero-order valence-electron chi connectivity index (χ0n) is 11.2. The van der Waals surface area contributed by atoms with E-state index in [1.54, 1.807) is 6.07 Å². The summed E-state index contributed by atoms with van der Waals surface area (Å²) in [5.41, 5.74) is 2.55. The molecule has 0 spiro atoms. The number of amides is 1. The maximum absolute atomic E-state index is 12.1. The van der Waals surface area contributed by atoms with Crippen molar-refractivity contribution in [1.29, 1.82) is 0 Å². The molecule has 110 valence electrons. The molecule has 0 saturated carbocycles. The van der Waals surface area contributed by atoms with Crippen LogP contribution in [0.25, 0.3) is 0 Å². The lowest BCUT2D eigenvalue weighted by molar-refractivity contribution is 0.0951. The second kappa shape index (κ2) is 6.11. The third kappa shape index (κ3) is 3.14. The van der Waals surface area contributed by atoms with Gasteiger partial charge in [0.2, 0.25) is 0 Å². The fourth-order valence-electron chi connectivity index (χ4n) is 1.56. The van der Waals surface area contributed by atoms with Crippen molar-refractivity contribution in [3.05, 3.63) is 50.6 Å². The Labute approximate surface area is 130 Å². The van der Waals surface area contributed by atoms with Gasteiger partial charge in [0.25, 0.3) is 11.5 Å². The summed E-state index contributed by atoms with van der Waals surface area (Å²) < 4.78 is 1.10. The minimum Gasteiger partial charge on any atom is -0.285 e. The molecule has 9 heteroatoms. The largest absolute Gasteiger partial charge is 0.287 e. The molecule has 0 aliphatic heterocycles. The van der Waals surface area contributed by atoms with Crippen LogP contribution >= 0.6 is 23.2 Å². The zero-order valence-corrected chi connectivity index (χ0v) is 12.7. The zero-order chi connectivity index (χ0) is 15.6. The van der Waals surface area contributed by atoms with Crippen LogP contribution < -0.4 is 16.0 Å². The average molecular weight is 328 g/mol. The minimum absolute atomic E-state index is 0.0485. The summed E-state index contributed by atoms with van der Waals surface area (Å²) >= 11 is 11.8. The average Bonchev–Trinajstić information content (AvgIpc) is 2.45. The highest BCUT2D eigenvalue weighted by atomic mass is 35.5. The topological polar surface area (TPSA) is 80.1 Å². The van der Waals surface area contributed by atoms with Gasteiger partial charge >= 0.3 is 0 Å². The Bertz CT molecular complexity index is 747. The molecule has 2 rings (SSSR count). The van der Waals surface area contributed by atoms with E-state index in [1.807, 2.05) is 0 Å². The van der Waals surface area contributed by atoms with Gasteiger partial charge in [0.15, 0.2) is 0 Å². The molecular weight excluding hydrogens is 317 g/mol. The lowest BCUT2D eigenvalue weighted by Gasteiger charge is -2.21. The highest BCUT2D eigenvalue weighted by Gasteiger charge is 2.16. The van der Waals surface area contributed by atoms with Gasteiger partial charge in [-0.15, -0.1) is 0 Å². The Morgan fingerprint density at radius 3 is 2.81 bits per heavy atom. The first kappa shape index (κ1) is 15.3. The number of nitrogens with one attached hydrogen (secondary N) is 1. The van der Waals surface area contributed by atoms with E-state index >= 15 is 0 Å². The van der Waals surface area contributed by atoms with Crippen molar-refractivity contribution in [3.63, 3.8) is 0 Å². The Balaban J connectivity index is 2.25. The Morgan fingerprint density at radius 1 is 1.43 bits per heavy atom. The predicted molar refractivity (Wildman–Crippen MR) is 79.6 cm³/mol. The van der Waals surface area contributed by atoms with Crippen LogP contribution in [-0.2, 0) is 7.05 Å². The van der Waals surface area contributed by atoms with Crippen molar-refractivity contribution in [3.8, 4) is 0 Å². The van der Waals surface area contributed by atoms with Gasteiger partial charge < -0.3 is 0 Å². The number of anilines is 1. The van der Waals surface area contributed by atoms with Gasteiger partial charge in [-0.1, -0.05) is 23.2 Å². The number of rotatable bonds is 3. The number of carbonyl (C=O) groups excluding carboxylic acids is 1. The van der Waals surface area contributed by atoms with E-state index in [0.29, 0.717) is 0 Å². The smallest absolute Gasteiger partial charge is 0.285 e. The lowest BCUT2D eigenvalue weighted by atomic mass is 10.3. The van der Waals surface area contributed by atoms with Gasteiger partial charge in [-0.2, -0.15) is 5.10 Å². The van der Waals surface area contributed by atoms with Crippen LogP contribution in [0.5, 0.6) is 0 Å². The van der Waals surface area contributed by atoms with Gasteiger partial charge in [-0.3, -0.25) is 20.0 Å². The number of halogens is 2. The first-order valence-electron chi connectivity index (χ1n) is 5.79. The number of hydrazine groups is 1. The normalized spacial score (nSPS) is 10.3. The summed E-state index contributed by atoms with van der Waals surface area (Å²) in [6, 6.07) is 3.12. The lowest BCUT2D eigenvalue weighted by Crippen LogP contribution is -2.40. The van der Waals surface area contributed by atoms with Crippen LogP contribution in [0.15, 0.2) is 29.3 Å². The highest BCUT2D eigenvalue weighted by molar-refractivity contribution is 6.33. The molecule has 21 heavy (non-hydrogen) atoms. The van der Waals surface area contributed by atoms with E-state index in [9.17, 15) is 9.59 Å². The van der Waals surface area contributed by atoms with E-state index < -0.39 is 11.5 Å². The summed E-state index contributed by atoms with van der Waals surface area (Å²) in [6.07, 6.45) is 2.85. The second-order valence-electron chi connectivity index (χ2n) is 4.11. The fraction of sp³-hybridized carbons (Fsp3) is 0.167. The van der Waals surface area contributed by atoms with Gasteiger partial charge in [0.05, 0.1) is 11.8 Å². The first-order chi connectivity index (χ1) is 9.91. The number of hydrogen-bond donors (Lipinski definition) is 1. The van der Waals surface area contributed by atoms with E-state index in [2.05, 4.69) is 15.5 Å². The second-order valence-corrected chi connectivity index (χ2v) is 4.85. The standard InChI is InChI=1S/C12H11Cl2N5O2/c1-18(8-6-16-19(2)12(21)9(8)13)17-11(20)7-4-3-5-15-10(7)14/h3-6H,1-2H3,(H,17,20). The maximum Gasteiger partial charge on any atom is 0.287 e. The summed E-state index contributed by atoms with van der Waals surface area (Å²) in [5, 5.41) is 5.17. The van der Waals surface area contributed by atoms with Crippen LogP contribution in [0.3, 0.4) is 0 Å². The first-order valence-corrected chi connectivity index (χ1v) is 6.54. The monoisotopic (exact) mass is 327 g/mol. The molecule has 7 nitrogen and oxygen atoms in total. The number of nitrogens with zero attached hydrogens (tertiary/aromatic N) is 4. The van der Waals surface area contributed by atoms with Crippen molar-refractivity contribution >= 4 is 34.8 Å². The Kier molecular flexibility index (Phi) is 4.44. The van der Waals surface area contributed by atoms with E-state index in [-0.39, 0.29) is 21.4 Å². The molecule has 2 heterocycles. The van der Waals surface area contributed by atoms with Crippen molar-refractivity contribution in [2.45, 2.75) is 0 Å². The third-order valence-corrected chi connectivity index (χ3v) is 3.35. The molecule has 0 atom stereocenters. The highest BCUT2D eigenvalue weighted by Crippen LogP contribution is 2.18. The number of aryl methyl sites for hydroxylation is 1. The molecule has 0 aliphatic carbocycles. The molecule has 0 unspecified atom stereocenters. The van der Waals surface area contributed by atoms with Crippen molar-refractivity contribution in [2.24, 2.45) is 7.05 Å². The summed E-state index contributed by atoms with van der Waals surface area (Å²) in [4.78, 5) is 27.6. The summed E-state index contributed by atoms with van der Waals surface area (Å²) in [5.74, 6) is -0.479. The maximum atomic E-state index is 12.1. The predicted octanol–water partition coefficient (Wildman–Crippen LogP) is 1.26. The molecule has 2 aromatic rings. The molecule has 1 N–H and O–H groups in total. The Hall–Kier alpha value is -2.12. The molecule has 0 fully saturated rings. The number of aromatic nitrogens is 3. The van der Waals surface area contributed by atoms with E-state index in [0.717, 1.165) is 4.68 Å². The van der Waals surface area contributed by atoms with Crippen molar-refractivity contribution in [1.82, 2.24) is 20.2 Å². The summed E-state index contributed by atoms with van der Waals surface area (Å²) in [6.45, 7) is 0. The summed E-state index contributed by atoms with van der Waals surface area (Å²) in [7, 11) is 3.01. The molecule has 0 aromatic carbocycles. The van der Waals surface area contributed by atoms with Gasteiger partial charge in [0, 0.05) is 20.3 Å². The Morgan fingerprint density at radius 2 is 2.14 bits per heavy atom. The van der Waals surface area contributed by atoms with E-state index in [4.69, 9.17) is 23.2 Å². The van der Waals surface area contributed by atoms with Crippen molar-refractivity contribution in [2.75, 3.05) is 12.1 Å². The molecule has 0 bridgehead atoms. The van der Waals surface area contributed by atoms with Gasteiger partial charge in [-0.25, -0.2) is 9.67 Å². The van der Waals surface area contributed by atoms with Crippen LogP contribution in [0.4, 0.5) is 5.69 Å². The number of carbonyl (C=O) groups is 1. The van der Waals surface area contributed by atoms with Crippen LogP contribution in [0, 0.1) is 0 Å². The number of hydrogen-bond acceptors (Lipinski definition) is 5. The minimum atomic E-state index is -0.479. The SMILES string of the molecule is CN(NC(=O)c1cccnc1Cl)c1cnn(C)c(=O)c1Cl. The van der Waals surface area contributed by atoms with Gasteiger partial charge in [-0.05, 0) is 12.1 Å². The molecular formula is C12H11Cl2N5O2. The van der Waals surface area contributed by atoms with Crippen molar-refractivity contribution < 1.29 is 4.79 Å². The molecule has 1 amide bonds. The fourth-order valence-corrected chi connectivity index (χ4v) is 2.07. The van der Waals surface area contributed by atoms with E-state index in [1.165, 1.54) is 37.6 Å². The molecule has 2 aromatic heterocycles. The third-order valence-electron chi connectivity index (χ3n) is 2.69. The van der Waals surface area contributed by atoms with Crippen LogP contribution in [-0.4, -0.2) is 27.7 Å². The molecule has 0 aliphatic rings.